The first-order valence-corrected chi connectivity index (χ1v) is 6.25. The van der Waals surface area contributed by atoms with Crippen LogP contribution in [0.4, 0.5) is 0 Å². The molecule has 2 heteroatoms. The van der Waals surface area contributed by atoms with Gasteiger partial charge in [0.2, 0.25) is 0 Å². The first-order valence-electron chi connectivity index (χ1n) is 5.43. The average Bonchev–Trinajstić information content (AvgIpc) is 2.16. The predicted molar refractivity (Wildman–Crippen MR) is 69.0 cm³/mol. The summed E-state index contributed by atoms with van der Waals surface area (Å²) >= 11 is 12.3. The van der Waals surface area contributed by atoms with E-state index in [0.29, 0.717) is 5.92 Å². The standard InChI is InChI=1S/C13H18Cl2/c1-4-11(10(3)14)8-12-6-5-9(2)7-13(12)15/h5-7,10-11H,4,8H2,1-3H3. The lowest BCUT2D eigenvalue weighted by atomic mass is 9.94. The Balaban J connectivity index is 2.79. The van der Waals surface area contributed by atoms with Gasteiger partial charge in [-0.2, -0.15) is 0 Å². The van der Waals surface area contributed by atoms with Gasteiger partial charge in [-0.15, -0.1) is 11.6 Å². The fourth-order valence-electron chi connectivity index (χ4n) is 1.73. The third-order valence-electron chi connectivity index (χ3n) is 2.86. The van der Waals surface area contributed by atoms with Crippen molar-refractivity contribution in [3.63, 3.8) is 0 Å². The van der Waals surface area contributed by atoms with Crippen LogP contribution in [-0.4, -0.2) is 5.38 Å². The molecule has 0 saturated carbocycles. The molecule has 0 N–H and O–H groups in total. The molecule has 15 heavy (non-hydrogen) atoms. The van der Waals surface area contributed by atoms with E-state index in [0.717, 1.165) is 17.9 Å². The van der Waals surface area contributed by atoms with Gasteiger partial charge in [-0.05, 0) is 43.4 Å². The minimum absolute atomic E-state index is 0.201. The number of aryl methyl sites for hydroxylation is 1. The van der Waals surface area contributed by atoms with Crippen molar-refractivity contribution in [2.75, 3.05) is 0 Å². The molecule has 0 amide bonds. The Bertz CT molecular complexity index is 318. The normalized spacial score (nSPS) is 15.0. The quantitative estimate of drug-likeness (QED) is 0.665. The molecule has 0 radical (unpaired) electrons. The first-order chi connectivity index (χ1) is 7.04. The van der Waals surface area contributed by atoms with E-state index in [1.54, 1.807) is 0 Å². The molecular weight excluding hydrogens is 227 g/mol. The van der Waals surface area contributed by atoms with Crippen LogP contribution in [0.15, 0.2) is 18.2 Å². The zero-order chi connectivity index (χ0) is 11.4. The molecule has 0 spiro atoms. The maximum Gasteiger partial charge on any atom is 0.0440 e. The van der Waals surface area contributed by atoms with E-state index >= 15 is 0 Å². The molecule has 0 heterocycles. The van der Waals surface area contributed by atoms with Crippen LogP contribution >= 0.6 is 23.2 Å². The molecule has 1 aromatic rings. The van der Waals surface area contributed by atoms with Crippen LogP contribution in [0.5, 0.6) is 0 Å². The van der Waals surface area contributed by atoms with Gasteiger partial charge in [0, 0.05) is 10.4 Å². The van der Waals surface area contributed by atoms with Crippen LogP contribution in [0, 0.1) is 12.8 Å². The van der Waals surface area contributed by atoms with Gasteiger partial charge < -0.3 is 0 Å². The molecule has 2 unspecified atom stereocenters. The molecule has 0 aliphatic carbocycles. The van der Waals surface area contributed by atoms with E-state index in [1.165, 1.54) is 11.1 Å². The van der Waals surface area contributed by atoms with E-state index in [1.807, 2.05) is 6.07 Å². The second-order valence-electron chi connectivity index (χ2n) is 4.14. The highest BCUT2D eigenvalue weighted by Gasteiger charge is 2.14. The lowest BCUT2D eigenvalue weighted by molar-refractivity contribution is 0.497. The molecular formula is C13H18Cl2. The topological polar surface area (TPSA) is 0 Å². The average molecular weight is 245 g/mol. The number of rotatable bonds is 4. The molecule has 2 atom stereocenters. The van der Waals surface area contributed by atoms with E-state index in [4.69, 9.17) is 23.2 Å². The summed E-state index contributed by atoms with van der Waals surface area (Å²) in [7, 11) is 0. The third-order valence-corrected chi connectivity index (χ3v) is 3.57. The molecule has 1 aromatic carbocycles. The van der Waals surface area contributed by atoms with E-state index in [9.17, 15) is 0 Å². The highest BCUT2D eigenvalue weighted by Crippen LogP contribution is 2.25. The summed E-state index contributed by atoms with van der Waals surface area (Å²) in [6.07, 6.45) is 2.06. The van der Waals surface area contributed by atoms with Gasteiger partial charge in [-0.3, -0.25) is 0 Å². The largest absolute Gasteiger partial charge is 0.123 e. The van der Waals surface area contributed by atoms with E-state index in [2.05, 4.69) is 32.9 Å². The van der Waals surface area contributed by atoms with Crippen LogP contribution in [-0.2, 0) is 6.42 Å². The van der Waals surface area contributed by atoms with Crippen LogP contribution in [0.2, 0.25) is 5.02 Å². The Morgan fingerprint density at radius 2 is 2.00 bits per heavy atom. The second-order valence-corrected chi connectivity index (χ2v) is 5.24. The summed E-state index contributed by atoms with van der Waals surface area (Å²) in [6.45, 7) is 6.28. The Morgan fingerprint density at radius 3 is 2.47 bits per heavy atom. The fourth-order valence-corrected chi connectivity index (χ4v) is 2.31. The van der Waals surface area contributed by atoms with Crippen LogP contribution in [0.25, 0.3) is 0 Å². The lowest BCUT2D eigenvalue weighted by Gasteiger charge is -2.18. The van der Waals surface area contributed by atoms with Gasteiger partial charge in [-0.1, -0.05) is 37.1 Å². The number of halogens is 2. The summed E-state index contributed by atoms with van der Waals surface area (Å²) in [5.41, 5.74) is 2.41. The number of hydrogen-bond donors (Lipinski definition) is 0. The Kier molecular flexibility index (Phi) is 4.95. The summed E-state index contributed by atoms with van der Waals surface area (Å²) in [5, 5.41) is 1.07. The van der Waals surface area contributed by atoms with Crippen molar-refractivity contribution in [3.8, 4) is 0 Å². The van der Waals surface area contributed by atoms with Crippen molar-refractivity contribution >= 4 is 23.2 Å². The second kappa shape index (κ2) is 5.77. The minimum atomic E-state index is 0.201. The fraction of sp³-hybridized carbons (Fsp3) is 0.538. The van der Waals surface area contributed by atoms with Crippen molar-refractivity contribution in [2.24, 2.45) is 5.92 Å². The minimum Gasteiger partial charge on any atom is -0.123 e. The maximum absolute atomic E-state index is 6.19. The van der Waals surface area contributed by atoms with Crippen molar-refractivity contribution in [1.29, 1.82) is 0 Å². The maximum atomic E-state index is 6.19. The van der Waals surface area contributed by atoms with Gasteiger partial charge in [0.25, 0.3) is 0 Å². The Hall–Kier alpha value is -0.200. The molecule has 0 aromatic heterocycles. The Labute approximate surface area is 103 Å². The molecule has 0 aliphatic rings. The molecule has 0 aliphatic heterocycles. The van der Waals surface area contributed by atoms with Crippen LogP contribution in [0.3, 0.4) is 0 Å². The molecule has 1 rings (SSSR count). The van der Waals surface area contributed by atoms with Crippen LogP contribution in [0.1, 0.15) is 31.4 Å². The SMILES string of the molecule is CCC(Cc1ccc(C)cc1Cl)C(C)Cl. The first kappa shape index (κ1) is 12.9. The zero-order valence-electron chi connectivity index (χ0n) is 9.56. The van der Waals surface area contributed by atoms with Crippen molar-refractivity contribution in [2.45, 2.75) is 39.0 Å². The smallest absolute Gasteiger partial charge is 0.0440 e. The lowest BCUT2D eigenvalue weighted by Crippen LogP contribution is -2.13. The summed E-state index contributed by atoms with van der Waals surface area (Å²) in [6, 6.07) is 6.23. The van der Waals surface area contributed by atoms with Crippen molar-refractivity contribution < 1.29 is 0 Å². The molecule has 0 bridgehead atoms. The van der Waals surface area contributed by atoms with Gasteiger partial charge in [0.05, 0.1) is 0 Å². The predicted octanol–water partition coefficient (Wildman–Crippen LogP) is 4.84. The van der Waals surface area contributed by atoms with Gasteiger partial charge in [0.15, 0.2) is 0 Å². The third kappa shape index (κ3) is 3.70. The van der Waals surface area contributed by atoms with E-state index < -0.39 is 0 Å². The van der Waals surface area contributed by atoms with Gasteiger partial charge in [0.1, 0.15) is 0 Å². The molecule has 0 nitrogen and oxygen atoms in total. The number of hydrogen-bond acceptors (Lipinski definition) is 0. The molecule has 0 saturated heterocycles. The van der Waals surface area contributed by atoms with Crippen molar-refractivity contribution in [3.05, 3.63) is 34.3 Å². The highest BCUT2D eigenvalue weighted by atomic mass is 35.5. The van der Waals surface area contributed by atoms with Gasteiger partial charge in [-0.25, -0.2) is 0 Å². The highest BCUT2D eigenvalue weighted by molar-refractivity contribution is 6.31. The summed E-state index contributed by atoms with van der Waals surface area (Å²) < 4.78 is 0. The Morgan fingerprint density at radius 1 is 1.33 bits per heavy atom. The zero-order valence-corrected chi connectivity index (χ0v) is 11.1. The van der Waals surface area contributed by atoms with Crippen LogP contribution < -0.4 is 0 Å². The van der Waals surface area contributed by atoms with E-state index in [-0.39, 0.29) is 5.38 Å². The van der Waals surface area contributed by atoms with Crippen molar-refractivity contribution in [1.82, 2.24) is 0 Å². The number of benzene rings is 1. The molecule has 84 valence electrons. The summed E-state index contributed by atoms with van der Waals surface area (Å²) in [5.74, 6) is 0.506. The monoisotopic (exact) mass is 244 g/mol. The number of alkyl halides is 1. The molecule has 0 fully saturated rings. The van der Waals surface area contributed by atoms with Gasteiger partial charge >= 0.3 is 0 Å². The summed E-state index contributed by atoms with van der Waals surface area (Å²) in [4.78, 5) is 0.